The Morgan fingerprint density at radius 2 is 1.83 bits per heavy atom. The Bertz CT molecular complexity index is 1100. The Labute approximate surface area is 190 Å². The molecule has 3 aromatic rings. The topological polar surface area (TPSA) is 81.3 Å². The van der Waals surface area contributed by atoms with Gasteiger partial charge in [-0.05, 0) is 29.8 Å². The lowest BCUT2D eigenvalue weighted by Gasteiger charge is -2.28. The zero-order chi connectivity index (χ0) is 20.5. The number of hydrogen-bond donors (Lipinski definition) is 1. The molecule has 1 aliphatic rings. The maximum Gasteiger partial charge on any atom is 0.159 e. The van der Waals surface area contributed by atoms with Crippen LogP contribution in [0.4, 0.5) is 11.5 Å². The number of methoxy groups -OCH3 is 1. The van der Waals surface area contributed by atoms with Crippen molar-refractivity contribution in [1.29, 1.82) is 0 Å². The van der Waals surface area contributed by atoms with Gasteiger partial charge in [0.05, 0.1) is 28.5 Å². The number of benzene rings is 2. The summed E-state index contributed by atoms with van der Waals surface area (Å²) in [6.07, 6.45) is 1.52. The average Bonchev–Trinajstić information content (AvgIpc) is 2.72. The average molecular weight is 468 g/mol. The molecule has 30 heavy (non-hydrogen) atoms. The van der Waals surface area contributed by atoms with Crippen molar-refractivity contribution in [3.05, 3.63) is 51.6 Å². The second kappa shape index (κ2) is 9.25. The van der Waals surface area contributed by atoms with Gasteiger partial charge in [0.25, 0.3) is 0 Å². The van der Waals surface area contributed by atoms with Gasteiger partial charge in [-0.25, -0.2) is 0 Å². The van der Waals surface area contributed by atoms with E-state index in [9.17, 15) is 4.79 Å². The summed E-state index contributed by atoms with van der Waals surface area (Å²) in [6.45, 7) is 1.25. The van der Waals surface area contributed by atoms with Crippen molar-refractivity contribution < 1.29 is 9.53 Å². The van der Waals surface area contributed by atoms with Gasteiger partial charge in [0, 0.05) is 43.1 Å². The van der Waals surface area contributed by atoms with Crippen LogP contribution < -0.4 is 15.4 Å². The van der Waals surface area contributed by atoms with Gasteiger partial charge in [-0.2, -0.15) is 5.10 Å². The van der Waals surface area contributed by atoms with Crippen molar-refractivity contribution in [1.82, 2.24) is 10.2 Å². The molecule has 0 saturated carbocycles. The van der Waals surface area contributed by atoms with Crippen LogP contribution in [-0.4, -0.2) is 36.2 Å². The molecule has 4 rings (SSSR count). The number of ether oxygens (including phenoxy) is 1. The lowest BCUT2D eigenvalue weighted by atomic mass is 10.0. The number of hydrogen-bond acceptors (Lipinski definition) is 6. The molecule has 0 amide bonds. The minimum Gasteiger partial charge on any atom is -0.495 e. The lowest BCUT2D eigenvalue weighted by Crippen LogP contribution is -2.34. The number of rotatable bonds is 4. The summed E-state index contributed by atoms with van der Waals surface area (Å²) in [6, 6.07) is 9.29. The van der Waals surface area contributed by atoms with Crippen molar-refractivity contribution in [3.63, 3.8) is 0 Å². The van der Waals surface area contributed by atoms with Crippen LogP contribution in [-0.2, 0) is 11.2 Å². The van der Waals surface area contributed by atoms with Gasteiger partial charge in [0.15, 0.2) is 5.82 Å². The highest BCUT2D eigenvalue weighted by molar-refractivity contribution is 6.35. The maximum atomic E-state index is 11.6. The van der Waals surface area contributed by atoms with Gasteiger partial charge in [-0.3, -0.25) is 4.79 Å². The van der Waals surface area contributed by atoms with Gasteiger partial charge in [0.1, 0.15) is 11.5 Å². The summed E-state index contributed by atoms with van der Waals surface area (Å²) in [5.41, 5.74) is 8.51. The molecule has 1 aromatic heterocycles. The summed E-state index contributed by atoms with van der Waals surface area (Å²) in [5, 5.41) is 11.6. The van der Waals surface area contributed by atoms with E-state index in [1.165, 1.54) is 0 Å². The van der Waals surface area contributed by atoms with Crippen LogP contribution in [0.5, 0.6) is 5.75 Å². The van der Waals surface area contributed by atoms with E-state index in [2.05, 4.69) is 15.1 Å². The second-order valence-corrected chi connectivity index (χ2v) is 7.84. The van der Waals surface area contributed by atoms with Crippen LogP contribution in [0.2, 0.25) is 10.0 Å². The number of fused-ring (bicyclic) bond motifs is 1. The molecule has 0 radical (unpaired) electrons. The molecular weight excluding hydrogens is 447 g/mol. The van der Waals surface area contributed by atoms with Gasteiger partial charge in [0.2, 0.25) is 0 Å². The molecule has 0 aliphatic carbocycles. The van der Waals surface area contributed by atoms with Gasteiger partial charge < -0.3 is 15.4 Å². The first-order valence-electron chi connectivity index (χ1n) is 9.30. The number of carbonyl (C=O) groups excluding carboxylic acids is 1. The molecule has 1 saturated heterocycles. The smallest absolute Gasteiger partial charge is 0.159 e. The molecule has 2 aromatic carbocycles. The van der Waals surface area contributed by atoms with Crippen LogP contribution in [0.25, 0.3) is 10.8 Å². The van der Waals surface area contributed by atoms with Crippen molar-refractivity contribution in [2.45, 2.75) is 19.3 Å². The fourth-order valence-electron chi connectivity index (χ4n) is 3.64. The SMILES string of the molecule is COc1ccc(Cc2nnc(N3CCC(=O)CC3)c3ccc(Cl)c(N)c23)cc1Cl.Cl. The van der Waals surface area contributed by atoms with Crippen LogP contribution in [0, 0.1) is 0 Å². The Morgan fingerprint density at radius 1 is 1.10 bits per heavy atom. The number of nitrogen functional groups attached to an aromatic ring is 1. The number of nitrogens with two attached hydrogens (primary N) is 1. The van der Waals surface area contributed by atoms with E-state index in [1.54, 1.807) is 13.2 Å². The predicted molar refractivity (Wildman–Crippen MR) is 123 cm³/mol. The quantitative estimate of drug-likeness (QED) is 0.560. The number of piperidine rings is 1. The van der Waals surface area contributed by atoms with Crippen LogP contribution in [0.3, 0.4) is 0 Å². The van der Waals surface area contributed by atoms with E-state index >= 15 is 0 Å². The van der Waals surface area contributed by atoms with Gasteiger partial charge in [-0.15, -0.1) is 17.5 Å². The maximum absolute atomic E-state index is 11.6. The number of Topliss-reactive ketones (excluding diaryl/α,β-unsaturated/α-hetero) is 1. The predicted octanol–water partition coefficient (Wildman–Crippen LogP) is 4.71. The van der Waals surface area contributed by atoms with E-state index in [1.807, 2.05) is 24.3 Å². The molecule has 1 fully saturated rings. The highest BCUT2D eigenvalue weighted by Crippen LogP contribution is 2.36. The number of halogens is 3. The summed E-state index contributed by atoms with van der Waals surface area (Å²) in [4.78, 5) is 13.7. The third-order valence-electron chi connectivity index (χ3n) is 5.20. The fourth-order valence-corrected chi connectivity index (χ4v) is 4.08. The highest BCUT2D eigenvalue weighted by Gasteiger charge is 2.22. The van der Waals surface area contributed by atoms with E-state index < -0.39 is 0 Å². The Hall–Kier alpha value is -2.28. The highest BCUT2D eigenvalue weighted by atomic mass is 35.5. The van der Waals surface area contributed by atoms with E-state index in [0.29, 0.717) is 53.8 Å². The van der Waals surface area contributed by atoms with E-state index in [-0.39, 0.29) is 18.2 Å². The number of ketones is 1. The fraction of sp³-hybridized carbons (Fsp3) is 0.286. The monoisotopic (exact) mass is 466 g/mol. The molecule has 0 spiro atoms. The van der Waals surface area contributed by atoms with Crippen molar-refractivity contribution in [3.8, 4) is 5.75 Å². The standard InChI is InChI=1S/C21H20Cl2N4O2.ClH/c1-29-18-5-2-12(10-16(18)23)11-17-19-14(3-4-15(22)20(19)24)21(26-25-17)27-8-6-13(28)7-9-27;/h2-5,10H,6-9,11,24H2,1H3;1H. The molecule has 0 atom stereocenters. The largest absolute Gasteiger partial charge is 0.495 e. The summed E-state index contributed by atoms with van der Waals surface area (Å²) < 4.78 is 5.22. The first kappa shape index (κ1) is 22.4. The second-order valence-electron chi connectivity index (χ2n) is 7.03. The minimum absolute atomic E-state index is 0. The summed E-state index contributed by atoms with van der Waals surface area (Å²) in [7, 11) is 1.58. The van der Waals surface area contributed by atoms with Crippen molar-refractivity contribution in [2.24, 2.45) is 0 Å². The molecule has 9 heteroatoms. The van der Waals surface area contributed by atoms with Crippen LogP contribution in [0.1, 0.15) is 24.1 Å². The van der Waals surface area contributed by atoms with Crippen LogP contribution in [0.15, 0.2) is 30.3 Å². The molecule has 6 nitrogen and oxygen atoms in total. The Balaban J connectivity index is 0.00000256. The van der Waals surface area contributed by atoms with Crippen LogP contribution >= 0.6 is 35.6 Å². The molecule has 0 unspecified atom stereocenters. The normalized spacial score (nSPS) is 14.0. The van der Waals surface area contributed by atoms with Gasteiger partial charge >= 0.3 is 0 Å². The molecule has 158 valence electrons. The molecule has 1 aliphatic heterocycles. The first-order valence-corrected chi connectivity index (χ1v) is 10.1. The first-order chi connectivity index (χ1) is 14.0. The molecule has 0 bridgehead atoms. The number of nitrogens with zero attached hydrogens (tertiary/aromatic N) is 3. The Kier molecular flexibility index (Phi) is 6.91. The van der Waals surface area contributed by atoms with Crippen molar-refractivity contribution >= 4 is 63.7 Å². The van der Waals surface area contributed by atoms with E-state index in [4.69, 9.17) is 33.7 Å². The zero-order valence-electron chi connectivity index (χ0n) is 16.3. The molecular formula is C21H21Cl3N4O2. The number of anilines is 2. The Morgan fingerprint density at radius 3 is 2.50 bits per heavy atom. The van der Waals surface area contributed by atoms with Gasteiger partial charge in [-0.1, -0.05) is 29.3 Å². The van der Waals surface area contributed by atoms with Crippen molar-refractivity contribution in [2.75, 3.05) is 30.8 Å². The minimum atomic E-state index is 0. The number of carbonyl (C=O) groups is 1. The molecule has 2 heterocycles. The third kappa shape index (κ3) is 4.26. The lowest BCUT2D eigenvalue weighted by molar-refractivity contribution is -0.119. The summed E-state index contributed by atoms with van der Waals surface area (Å²) in [5.74, 6) is 1.62. The third-order valence-corrected chi connectivity index (χ3v) is 5.82. The zero-order valence-corrected chi connectivity index (χ0v) is 18.7. The number of aromatic nitrogens is 2. The summed E-state index contributed by atoms with van der Waals surface area (Å²) >= 11 is 12.6. The molecule has 2 N–H and O–H groups in total. The van der Waals surface area contributed by atoms with E-state index in [0.717, 1.165) is 27.8 Å².